The molecule has 1 saturated heterocycles. The third kappa shape index (κ3) is 14.1. The second kappa shape index (κ2) is 22.5. The van der Waals surface area contributed by atoms with Crippen LogP contribution in [0.5, 0.6) is 0 Å². The number of aryl methyl sites for hydroxylation is 4. The molecule has 2 aromatic carbocycles. The number of carbonyl (C=O) groups excluding carboxylic acids is 2. The van der Waals surface area contributed by atoms with Crippen LogP contribution in [0.15, 0.2) is 36.4 Å². The van der Waals surface area contributed by atoms with Crippen molar-refractivity contribution in [3.8, 4) is 0 Å². The average molecular weight is 694 g/mol. The van der Waals surface area contributed by atoms with Crippen molar-refractivity contribution in [2.24, 2.45) is 0 Å². The summed E-state index contributed by atoms with van der Waals surface area (Å²) in [6.45, 7) is 16.3. The number of thiol groups is 1. The van der Waals surface area contributed by atoms with Crippen LogP contribution in [0.1, 0.15) is 125 Å². The highest BCUT2D eigenvalue weighted by molar-refractivity contribution is 7.80. The molecule has 2 aromatic rings. The maximum Gasteiger partial charge on any atom is 0.279 e. The largest absolute Gasteiger partial charge is 0.324 e. The zero-order valence-corrected chi connectivity index (χ0v) is 32.7. The number of hydrogen-bond acceptors (Lipinski definition) is 4. The molecule has 1 aliphatic rings. The fourth-order valence-electron chi connectivity index (χ4n) is 7.74. The molecule has 0 radical (unpaired) electrons. The maximum absolute atomic E-state index is 13.7. The molecule has 0 saturated carbocycles. The number of hydrogen-bond donors (Lipinski definition) is 3. The number of unbranched alkanes of at least 4 members (excludes halogenated alkanes) is 9. The average Bonchev–Trinajstić information content (AvgIpc) is 3.08. The number of para-hydroxylation sites is 2. The van der Waals surface area contributed by atoms with E-state index in [0.717, 1.165) is 128 Å². The third-order valence-electron chi connectivity index (χ3n) is 10.7. The molecule has 1 fully saturated rings. The van der Waals surface area contributed by atoms with Gasteiger partial charge in [-0.05, 0) is 133 Å². The van der Waals surface area contributed by atoms with E-state index < -0.39 is 0 Å². The van der Waals surface area contributed by atoms with Crippen molar-refractivity contribution in [3.63, 3.8) is 0 Å². The summed E-state index contributed by atoms with van der Waals surface area (Å²) in [5, 5.41) is 6.60. The monoisotopic (exact) mass is 694 g/mol. The minimum atomic E-state index is -0.0440. The molecule has 1 unspecified atom stereocenters. The van der Waals surface area contributed by atoms with Gasteiger partial charge in [-0.2, -0.15) is 12.6 Å². The van der Waals surface area contributed by atoms with Crippen LogP contribution in [-0.2, 0) is 9.59 Å². The van der Waals surface area contributed by atoms with E-state index in [1.165, 1.54) is 44.9 Å². The van der Waals surface area contributed by atoms with Crippen LogP contribution in [0.2, 0.25) is 0 Å². The smallest absolute Gasteiger partial charge is 0.279 e. The van der Waals surface area contributed by atoms with E-state index in [2.05, 4.69) is 99.2 Å². The van der Waals surface area contributed by atoms with Gasteiger partial charge in [-0.3, -0.25) is 14.5 Å². The first kappa shape index (κ1) is 41.1. The molecule has 0 aliphatic carbocycles. The van der Waals surface area contributed by atoms with Crippen molar-refractivity contribution in [3.05, 3.63) is 58.7 Å². The highest BCUT2D eigenvalue weighted by atomic mass is 32.1. The fourth-order valence-corrected chi connectivity index (χ4v) is 7.97. The number of benzene rings is 2. The van der Waals surface area contributed by atoms with Crippen LogP contribution in [0.25, 0.3) is 0 Å². The molecule has 3 rings (SSSR count). The van der Waals surface area contributed by atoms with Crippen LogP contribution in [0, 0.1) is 27.7 Å². The summed E-state index contributed by atoms with van der Waals surface area (Å²) in [6, 6.07) is 12.4. The Morgan fingerprint density at radius 2 is 1.22 bits per heavy atom. The predicted molar refractivity (Wildman–Crippen MR) is 213 cm³/mol. The number of amides is 2. The molecule has 49 heavy (non-hydrogen) atoms. The van der Waals surface area contributed by atoms with Crippen molar-refractivity contribution < 1.29 is 14.1 Å². The topological polar surface area (TPSA) is 61.4 Å². The highest BCUT2D eigenvalue weighted by Gasteiger charge is 2.31. The van der Waals surface area contributed by atoms with E-state index in [0.29, 0.717) is 6.54 Å². The van der Waals surface area contributed by atoms with Gasteiger partial charge in [0.15, 0.2) is 6.54 Å². The summed E-state index contributed by atoms with van der Waals surface area (Å²) >= 11 is 4.46. The van der Waals surface area contributed by atoms with Gasteiger partial charge in [0.05, 0.1) is 25.7 Å². The molecular weight excluding hydrogens is 625 g/mol. The molecule has 2 atom stereocenters. The van der Waals surface area contributed by atoms with Crippen molar-refractivity contribution in [2.45, 2.75) is 137 Å². The second-order valence-electron chi connectivity index (χ2n) is 14.9. The summed E-state index contributed by atoms with van der Waals surface area (Å²) in [4.78, 5) is 29.6. The molecule has 1 aliphatic heterocycles. The third-order valence-corrected chi connectivity index (χ3v) is 11.0. The number of quaternary nitrogens is 1. The molecule has 2 N–H and O–H groups in total. The summed E-state index contributed by atoms with van der Waals surface area (Å²) < 4.78 is 0.891. The van der Waals surface area contributed by atoms with E-state index in [9.17, 15) is 9.59 Å². The van der Waals surface area contributed by atoms with Crippen LogP contribution >= 0.6 is 12.6 Å². The Morgan fingerprint density at radius 3 is 1.78 bits per heavy atom. The molecule has 7 heteroatoms. The molecule has 0 bridgehead atoms. The Balaban J connectivity index is 1.60. The van der Waals surface area contributed by atoms with Crippen molar-refractivity contribution in [2.75, 3.05) is 55.7 Å². The van der Waals surface area contributed by atoms with Crippen LogP contribution in [0.3, 0.4) is 0 Å². The minimum Gasteiger partial charge on any atom is -0.324 e. The SMILES string of the molecule is CCCCCCC[N+](CCCCCS)(CCCCCCN1CCCC[C@H]1C(=O)Nc1c(C)cccc1C)CC(=O)Nc1c(C)cccc1C. The Kier molecular flexibility index (Phi) is 18.8. The standard InChI is InChI=1S/C42H68N4O2S/c1-6-7-8-10-16-29-46(31-18-12-19-32-49,33-39(47)43-40-34(2)22-20-23-35(40)3)30-17-11-9-14-27-45-28-15-13-26-38(45)42(48)44-41-36(4)24-21-25-37(41)5/h20-25,38H,6-19,26-33H2,1-5H3,(H2-,43,44,47,48,49)/p+1/t38-,46?/m0/s1. The fraction of sp³-hybridized carbons (Fsp3) is 0.667. The molecule has 274 valence electrons. The summed E-state index contributed by atoms with van der Waals surface area (Å²) in [5.74, 6) is 1.22. The Hall–Kier alpha value is -2.35. The molecule has 0 spiro atoms. The number of nitrogens with zero attached hydrogens (tertiary/aromatic N) is 2. The van der Waals surface area contributed by atoms with Gasteiger partial charge in [-0.1, -0.05) is 75.4 Å². The van der Waals surface area contributed by atoms with E-state index in [4.69, 9.17) is 0 Å². The number of nitrogens with one attached hydrogen (secondary N) is 2. The van der Waals surface area contributed by atoms with Crippen LogP contribution in [-0.4, -0.2) is 72.3 Å². The van der Waals surface area contributed by atoms with Gasteiger partial charge in [-0.25, -0.2) is 0 Å². The number of anilines is 2. The first-order valence-electron chi connectivity index (χ1n) is 19.6. The predicted octanol–water partition coefficient (Wildman–Crippen LogP) is 9.80. The van der Waals surface area contributed by atoms with Gasteiger partial charge in [0.1, 0.15) is 0 Å². The first-order chi connectivity index (χ1) is 23.7. The van der Waals surface area contributed by atoms with Gasteiger partial charge in [0, 0.05) is 11.4 Å². The summed E-state index contributed by atoms with van der Waals surface area (Å²) in [6.07, 6.45) is 17.5. The Labute approximate surface area is 305 Å². The number of carbonyl (C=O) groups is 2. The van der Waals surface area contributed by atoms with E-state index in [-0.39, 0.29) is 17.9 Å². The summed E-state index contributed by atoms with van der Waals surface area (Å²) in [5.41, 5.74) is 6.43. The van der Waals surface area contributed by atoms with Gasteiger partial charge in [0.25, 0.3) is 5.91 Å². The Bertz CT molecular complexity index is 1240. The Morgan fingerprint density at radius 1 is 0.714 bits per heavy atom. The minimum absolute atomic E-state index is 0.0440. The molecular formula is C42H69N4O2S+. The van der Waals surface area contributed by atoms with E-state index in [1.807, 2.05) is 0 Å². The first-order valence-corrected chi connectivity index (χ1v) is 20.3. The van der Waals surface area contributed by atoms with Crippen molar-refractivity contribution in [1.82, 2.24) is 4.90 Å². The van der Waals surface area contributed by atoms with Crippen LogP contribution in [0.4, 0.5) is 11.4 Å². The highest BCUT2D eigenvalue weighted by Crippen LogP contribution is 2.25. The lowest BCUT2D eigenvalue weighted by atomic mass is 10.00. The number of piperidine rings is 1. The summed E-state index contributed by atoms with van der Waals surface area (Å²) in [7, 11) is 0. The zero-order chi connectivity index (χ0) is 35.5. The van der Waals surface area contributed by atoms with Crippen LogP contribution < -0.4 is 10.6 Å². The quantitative estimate of drug-likeness (QED) is 0.0617. The van der Waals surface area contributed by atoms with E-state index in [1.54, 1.807) is 0 Å². The lowest BCUT2D eigenvalue weighted by Crippen LogP contribution is -2.54. The van der Waals surface area contributed by atoms with Gasteiger partial charge in [0.2, 0.25) is 5.91 Å². The lowest BCUT2D eigenvalue weighted by Gasteiger charge is -2.39. The molecule has 0 aromatic heterocycles. The lowest BCUT2D eigenvalue weighted by molar-refractivity contribution is -0.921. The van der Waals surface area contributed by atoms with Gasteiger partial charge in [-0.15, -0.1) is 0 Å². The number of rotatable bonds is 23. The maximum atomic E-state index is 13.7. The zero-order valence-electron chi connectivity index (χ0n) is 31.8. The molecule has 1 heterocycles. The molecule has 2 amide bonds. The van der Waals surface area contributed by atoms with Crippen molar-refractivity contribution >= 4 is 35.8 Å². The van der Waals surface area contributed by atoms with Crippen molar-refractivity contribution in [1.29, 1.82) is 0 Å². The second-order valence-corrected chi connectivity index (χ2v) is 15.3. The van der Waals surface area contributed by atoms with E-state index >= 15 is 0 Å². The molecule has 6 nitrogen and oxygen atoms in total. The van der Waals surface area contributed by atoms with Gasteiger partial charge >= 0.3 is 0 Å². The van der Waals surface area contributed by atoms with Gasteiger partial charge < -0.3 is 15.1 Å². The number of likely N-dealkylation sites (tertiary alicyclic amines) is 1. The normalized spacial score (nSPS) is 16.3.